The van der Waals surface area contributed by atoms with Crippen LogP contribution in [0.1, 0.15) is 65.2 Å². The summed E-state index contributed by atoms with van der Waals surface area (Å²) < 4.78 is 2.32. The third-order valence-electron chi connectivity index (χ3n) is 4.48. The summed E-state index contributed by atoms with van der Waals surface area (Å²) in [5.41, 5.74) is 3.16. The van der Waals surface area contributed by atoms with Gasteiger partial charge in [0.1, 0.15) is 5.82 Å². The number of rotatable bonds is 6. The number of nitrogens with zero attached hydrogens (tertiary/aromatic N) is 3. The van der Waals surface area contributed by atoms with Gasteiger partial charge < -0.3 is 4.57 Å². The summed E-state index contributed by atoms with van der Waals surface area (Å²) in [5, 5.41) is 7.86. The molecule has 4 rings (SSSR count). The number of aromatic nitrogens is 4. The van der Waals surface area contributed by atoms with Crippen molar-refractivity contribution in [2.24, 2.45) is 0 Å². The minimum atomic E-state index is 0.169. The fourth-order valence-corrected chi connectivity index (χ4v) is 3.71. The lowest BCUT2D eigenvalue weighted by Gasteiger charge is -2.07. The van der Waals surface area contributed by atoms with E-state index in [9.17, 15) is 4.79 Å². The van der Waals surface area contributed by atoms with E-state index >= 15 is 0 Å². The summed E-state index contributed by atoms with van der Waals surface area (Å²) in [4.78, 5) is 17.0. The molecule has 0 saturated heterocycles. The molecule has 22 heavy (non-hydrogen) atoms. The molecule has 2 aromatic rings. The standard InChI is InChI=1S/C16H20N4OS/c1-9-7-13(10(2)20(9)12-5-6-12)14(21)8-22-16-17-15(18-19-16)11-3-4-11/h7,11-12H,3-6,8H2,1-2H3,(H,17,18,19). The monoisotopic (exact) mass is 316 g/mol. The van der Waals surface area contributed by atoms with Crippen molar-refractivity contribution in [3.8, 4) is 0 Å². The van der Waals surface area contributed by atoms with E-state index in [1.165, 1.54) is 43.1 Å². The Balaban J connectivity index is 1.44. The van der Waals surface area contributed by atoms with Crippen LogP contribution in [0.3, 0.4) is 0 Å². The van der Waals surface area contributed by atoms with Crippen LogP contribution in [0.15, 0.2) is 11.2 Å². The molecule has 0 bridgehead atoms. The highest BCUT2D eigenvalue weighted by molar-refractivity contribution is 7.99. The number of hydrogen-bond acceptors (Lipinski definition) is 4. The maximum atomic E-state index is 12.5. The second-order valence-electron chi connectivity index (χ2n) is 6.38. The maximum absolute atomic E-state index is 12.5. The highest BCUT2D eigenvalue weighted by Gasteiger charge is 2.29. The number of ketones is 1. The van der Waals surface area contributed by atoms with Gasteiger partial charge in [-0.1, -0.05) is 11.8 Å². The number of Topliss-reactive ketones (excluding diaryl/α,β-unsaturated/α-hetero) is 1. The SMILES string of the molecule is Cc1cc(C(=O)CSc2n[nH]c(C3CC3)n2)c(C)n1C1CC1. The highest BCUT2D eigenvalue weighted by atomic mass is 32.2. The summed E-state index contributed by atoms with van der Waals surface area (Å²) in [5.74, 6) is 2.11. The molecule has 0 spiro atoms. The first-order valence-corrected chi connectivity index (χ1v) is 8.88. The predicted molar refractivity (Wildman–Crippen MR) is 85.6 cm³/mol. The molecule has 2 saturated carbocycles. The van der Waals surface area contributed by atoms with Crippen LogP contribution >= 0.6 is 11.8 Å². The Hall–Kier alpha value is -1.56. The smallest absolute Gasteiger partial charge is 0.208 e. The second kappa shape index (κ2) is 5.26. The van der Waals surface area contributed by atoms with Gasteiger partial charge in [0.15, 0.2) is 5.78 Å². The van der Waals surface area contributed by atoms with Gasteiger partial charge in [-0.15, -0.1) is 5.10 Å². The largest absolute Gasteiger partial charge is 0.345 e. The summed E-state index contributed by atoms with van der Waals surface area (Å²) in [7, 11) is 0. The molecule has 6 heteroatoms. The quantitative estimate of drug-likeness (QED) is 0.655. The second-order valence-corrected chi connectivity index (χ2v) is 7.32. The Bertz CT molecular complexity index is 725. The number of hydrogen-bond donors (Lipinski definition) is 1. The van der Waals surface area contributed by atoms with Crippen molar-refractivity contribution in [3.05, 3.63) is 28.8 Å². The Morgan fingerprint density at radius 1 is 1.36 bits per heavy atom. The summed E-state index contributed by atoms with van der Waals surface area (Å²) >= 11 is 1.42. The van der Waals surface area contributed by atoms with E-state index in [4.69, 9.17) is 0 Å². The number of carbonyl (C=O) groups excluding carboxylic acids is 1. The van der Waals surface area contributed by atoms with Gasteiger partial charge in [0.05, 0.1) is 5.75 Å². The van der Waals surface area contributed by atoms with Crippen LogP contribution in [0.5, 0.6) is 0 Å². The molecule has 0 aliphatic heterocycles. The lowest BCUT2D eigenvalue weighted by Crippen LogP contribution is -2.06. The molecule has 1 N–H and O–H groups in total. The molecular formula is C16H20N4OS. The molecule has 0 amide bonds. The zero-order valence-corrected chi connectivity index (χ0v) is 13.7. The van der Waals surface area contributed by atoms with E-state index < -0.39 is 0 Å². The number of thioether (sulfide) groups is 1. The molecule has 2 heterocycles. The van der Waals surface area contributed by atoms with Gasteiger partial charge in [0, 0.05) is 28.9 Å². The van der Waals surface area contributed by atoms with E-state index in [0.29, 0.717) is 22.9 Å². The average molecular weight is 316 g/mol. The van der Waals surface area contributed by atoms with Gasteiger partial charge in [-0.25, -0.2) is 4.98 Å². The van der Waals surface area contributed by atoms with Crippen LogP contribution in [-0.4, -0.2) is 31.3 Å². The molecule has 0 atom stereocenters. The van der Waals surface area contributed by atoms with Crippen molar-refractivity contribution in [1.82, 2.24) is 19.7 Å². The number of carbonyl (C=O) groups is 1. The van der Waals surface area contributed by atoms with E-state index in [1.807, 2.05) is 6.07 Å². The first-order chi connectivity index (χ1) is 10.6. The van der Waals surface area contributed by atoms with Gasteiger partial charge in [0.2, 0.25) is 5.16 Å². The molecule has 2 aromatic heterocycles. The van der Waals surface area contributed by atoms with E-state index in [1.54, 1.807) is 0 Å². The normalized spacial score (nSPS) is 17.9. The van der Waals surface area contributed by atoms with Crippen LogP contribution in [-0.2, 0) is 0 Å². The van der Waals surface area contributed by atoms with Gasteiger partial charge in [-0.05, 0) is 45.6 Å². The van der Waals surface area contributed by atoms with Crippen LogP contribution in [0, 0.1) is 13.8 Å². The summed E-state index contributed by atoms with van der Waals surface area (Å²) in [6.45, 7) is 4.15. The van der Waals surface area contributed by atoms with Crippen molar-refractivity contribution in [2.45, 2.75) is 56.6 Å². The maximum Gasteiger partial charge on any atom is 0.208 e. The molecule has 2 fully saturated rings. The number of aryl methyl sites for hydroxylation is 1. The lowest BCUT2D eigenvalue weighted by atomic mass is 10.2. The molecule has 116 valence electrons. The van der Waals surface area contributed by atoms with Crippen molar-refractivity contribution >= 4 is 17.5 Å². The molecule has 0 radical (unpaired) electrons. The van der Waals surface area contributed by atoms with Gasteiger partial charge in [0.25, 0.3) is 0 Å². The van der Waals surface area contributed by atoms with Crippen LogP contribution < -0.4 is 0 Å². The molecule has 2 aliphatic carbocycles. The topological polar surface area (TPSA) is 63.6 Å². The van der Waals surface area contributed by atoms with Crippen molar-refractivity contribution in [3.63, 3.8) is 0 Å². The molecule has 5 nitrogen and oxygen atoms in total. The Morgan fingerprint density at radius 3 is 2.82 bits per heavy atom. The Kier molecular flexibility index (Phi) is 3.36. The predicted octanol–water partition coefficient (Wildman–Crippen LogP) is 3.41. The van der Waals surface area contributed by atoms with E-state index in [-0.39, 0.29) is 5.78 Å². The molecule has 0 aromatic carbocycles. The van der Waals surface area contributed by atoms with Crippen LogP contribution in [0.4, 0.5) is 0 Å². The Labute approximate surface area is 133 Å². The zero-order chi connectivity index (χ0) is 15.3. The van der Waals surface area contributed by atoms with Gasteiger partial charge >= 0.3 is 0 Å². The summed E-state index contributed by atoms with van der Waals surface area (Å²) in [6.07, 6.45) is 4.87. The lowest BCUT2D eigenvalue weighted by molar-refractivity contribution is 0.102. The molecule has 0 unspecified atom stereocenters. The third-order valence-corrected chi connectivity index (χ3v) is 5.32. The first kappa shape index (κ1) is 14.1. The fraction of sp³-hybridized carbons (Fsp3) is 0.562. The van der Waals surface area contributed by atoms with Gasteiger partial charge in [-0.3, -0.25) is 9.89 Å². The van der Waals surface area contributed by atoms with Crippen molar-refractivity contribution < 1.29 is 4.79 Å². The number of H-pyrrole nitrogens is 1. The van der Waals surface area contributed by atoms with Crippen molar-refractivity contribution in [1.29, 1.82) is 0 Å². The van der Waals surface area contributed by atoms with Crippen LogP contribution in [0.2, 0.25) is 0 Å². The molecular weight excluding hydrogens is 296 g/mol. The highest BCUT2D eigenvalue weighted by Crippen LogP contribution is 2.39. The number of nitrogens with one attached hydrogen (secondary N) is 1. The minimum Gasteiger partial charge on any atom is -0.345 e. The number of aromatic amines is 1. The van der Waals surface area contributed by atoms with Crippen molar-refractivity contribution in [2.75, 3.05) is 5.75 Å². The Morgan fingerprint density at radius 2 is 2.14 bits per heavy atom. The zero-order valence-electron chi connectivity index (χ0n) is 12.9. The average Bonchev–Trinajstić information content (AvgIpc) is 3.42. The van der Waals surface area contributed by atoms with Gasteiger partial charge in [-0.2, -0.15) is 0 Å². The van der Waals surface area contributed by atoms with E-state index in [0.717, 1.165) is 17.1 Å². The first-order valence-electron chi connectivity index (χ1n) is 7.90. The van der Waals surface area contributed by atoms with E-state index in [2.05, 4.69) is 33.6 Å². The third kappa shape index (κ3) is 2.60. The molecule has 2 aliphatic rings. The summed E-state index contributed by atoms with van der Waals surface area (Å²) in [6, 6.07) is 2.65. The fourth-order valence-electron chi connectivity index (χ4n) is 3.02. The minimum absolute atomic E-state index is 0.169. The van der Waals surface area contributed by atoms with Crippen LogP contribution in [0.25, 0.3) is 0 Å².